The Hall–Kier alpha value is -3.14. The molecule has 2 aromatic carbocycles. The molecule has 4 nitrogen and oxygen atoms in total. The Balaban J connectivity index is 2.01. The minimum Gasteiger partial charge on any atom is -0.468 e. The van der Waals surface area contributed by atoms with Crippen LogP contribution in [-0.4, -0.2) is 26.2 Å². The van der Waals surface area contributed by atoms with Gasteiger partial charge in [-0.3, -0.25) is 9.59 Å². The maximum Gasteiger partial charge on any atom is 0.323 e. The fourth-order valence-electron chi connectivity index (χ4n) is 5.10. The number of allylic oxidation sites excluding steroid dienone is 3. The second kappa shape index (κ2) is 7.84. The molecule has 0 aliphatic heterocycles. The third-order valence-corrected chi connectivity index (χ3v) is 6.64. The zero-order chi connectivity index (χ0) is 22.2. The second-order valence-electron chi connectivity index (χ2n) is 9.06. The van der Waals surface area contributed by atoms with Crippen LogP contribution in [0.4, 0.5) is 0 Å². The molecule has 2 aliphatic rings. The summed E-state index contributed by atoms with van der Waals surface area (Å²) in [5, 5.41) is 0. The molecule has 0 bridgehead atoms. The number of methoxy groups -OCH3 is 2. The van der Waals surface area contributed by atoms with Crippen LogP contribution in [0.1, 0.15) is 49.8 Å². The van der Waals surface area contributed by atoms with E-state index in [1.807, 2.05) is 36.4 Å². The van der Waals surface area contributed by atoms with Crippen LogP contribution in [0.3, 0.4) is 0 Å². The first-order valence-corrected chi connectivity index (χ1v) is 10.6. The van der Waals surface area contributed by atoms with E-state index in [-0.39, 0.29) is 18.3 Å². The van der Waals surface area contributed by atoms with Crippen LogP contribution in [0.25, 0.3) is 11.6 Å². The molecule has 4 heteroatoms. The lowest BCUT2D eigenvalue weighted by Gasteiger charge is -2.37. The van der Waals surface area contributed by atoms with Crippen molar-refractivity contribution in [2.45, 2.75) is 38.5 Å². The Bertz CT molecular complexity index is 1070. The first-order valence-electron chi connectivity index (χ1n) is 10.6. The number of benzene rings is 2. The molecule has 0 saturated carbocycles. The number of rotatable bonds is 3. The Kier molecular flexibility index (Phi) is 5.34. The van der Waals surface area contributed by atoms with Gasteiger partial charge in [0.2, 0.25) is 0 Å². The van der Waals surface area contributed by atoms with Gasteiger partial charge in [-0.25, -0.2) is 0 Å². The summed E-state index contributed by atoms with van der Waals surface area (Å²) in [5.41, 5.74) is 5.12. The summed E-state index contributed by atoms with van der Waals surface area (Å²) in [4.78, 5) is 26.1. The SMILES string of the molecule is COC(=O)C1(C(=O)OC)CC2=Cc3ccccc3C(C)(C)CC2=C(c2ccccc2)C1. The van der Waals surface area contributed by atoms with Crippen LogP contribution in [0.15, 0.2) is 65.7 Å². The fourth-order valence-corrected chi connectivity index (χ4v) is 5.10. The van der Waals surface area contributed by atoms with Crippen molar-refractivity contribution >= 4 is 23.6 Å². The van der Waals surface area contributed by atoms with Gasteiger partial charge < -0.3 is 9.47 Å². The molecule has 31 heavy (non-hydrogen) atoms. The van der Waals surface area contributed by atoms with Gasteiger partial charge in [-0.05, 0) is 51.7 Å². The van der Waals surface area contributed by atoms with Crippen molar-refractivity contribution in [3.63, 3.8) is 0 Å². The van der Waals surface area contributed by atoms with E-state index < -0.39 is 17.4 Å². The predicted octanol–water partition coefficient (Wildman–Crippen LogP) is 5.33. The standard InChI is InChI=1S/C27H28O4/c1-26(2)16-21-20(14-19-12-8-9-13-23(19)26)15-27(24(28)30-3,25(29)31-4)17-22(21)18-10-6-5-7-11-18/h5-14H,15-17H2,1-4H3. The largest absolute Gasteiger partial charge is 0.468 e. The molecule has 0 N–H and O–H groups in total. The van der Waals surface area contributed by atoms with Crippen molar-refractivity contribution in [2.75, 3.05) is 14.2 Å². The number of carbonyl (C=O) groups is 2. The molecular weight excluding hydrogens is 388 g/mol. The molecule has 0 fully saturated rings. The number of fused-ring (bicyclic) bond motifs is 2. The predicted molar refractivity (Wildman–Crippen MR) is 121 cm³/mol. The number of esters is 2. The third-order valence-electron chi connectivity index (χ3n) is 6.64. The van der Waals surface area contributed by atoms with Crippen molar-refractivity contribution in [3.8, 4) is 0 Å². The molecule has 0 amide bonds. The molecule has 160 valence electrons. The minimum absolute atomic E-state index is 0.0965. The first-order chi connectivity index (χ1) is 14.8. The molecule has 0 heterocycles. The van der Waals surface area contributed by atoms with Gasteiger partial charge in [0.15, 0.2) is 5.41 Å². The zero-order valence-corrected chi connectivity index (χ0v) is 18.5. The molecule has 2 aromatic rings. The maximum absolute atomic E-state index is 13.0. The quantitative estimate of drug-likeness (QED) is 0.501. The Morgan fingerprint density at radius 3 is 2.03 bits per heavy atom. The van der Waals surface area contributed by atoms with Crippen LogP contribution in [0.5, 0.6) is 0 Å². The van der Waals surface area contributed by atoms with Gasteiger partial charge in [0.25, 0.3) is 0 Å². The van der Waals surface area contributed by atoms with E-state index in [4.69, 9.17) is 9.47 Å². The third kappa shape index (κ3) is 3.50. The fraction of sp³-hybridized carbons (Fsp3) is 0.333. The normalized spacial score (nSPS) is 18.8. The molecule has 0 atom stereocenters. The molecule has 0 spiro atoms. The molecule has 0 radical (unpaired) electrons. The van der Waals surface area contributed by atoms with E-state index in [0.717, 1.165) is 28.7 Å². The first kappa shape index (κ1) is 21.1. The molecule has 4 rings (SSSR count). The lowest BCUT2D eigenvalue weighted by atomic mass is 9.65. The van der Waals surface area contributed by atoms with Gasteiger partial charge in [0, 0.05) is 6.42 Å². The van der Waals surface area contributed by atoms with Crippen molar-refractivity contribution < 1.29 is 19.1 Å². The average Bonchev–Trinajstić information content (AvgIpc) is 2.90. The van der Waals surface area contributed by atoms with Crippen LogP contribution in [-0.2, 0) is 24.5 Å². The molecular formula is C27H28O4. The highest BCUT2D eigenvalue weighted by molar-refractivity contribution is 6.04. The Morgan fingerprint density at radius 2 is 1.39 bits per heavy atom. The molecule has 2 aliphatic carbocycles. The van der Waals surface area contributed by atoms with Crippen molar-refractivity contribution in [2.24, 2.45) is 5.41 Å². The van der Waals surface area contributed by atoms with Crippen LogP contribution in [0, 0.1) is 5.41 Å². The van der Waals surface area contributed by atoms with Crippen LogP contribution in [0.2, 0.25) is 0 Å². The van der Waals surface area contributed by atoms with E-state index in [1.165, 1.54) is 25.4 Å². The van der Waals surface area contributed by atoms with Crippen LogP contribution >= 0.6 is 0 Å². The summed E-state index contributed by atoms with van der Waals surface area (Å²) in [6.45, 7) is 4.50. The van der Waals surface area contributed by atoms with E-state index >= 15 is 0 Å². The monoisotopic (exact) mass is 416 g/mol. The topological polar surface area (TPSA) is 52.6 Å². The highest BCUT2D eigenvalue weighted by Gasteiger charge is 2.53. The summed E-state index contributed by atoms with van der Waals surface area (Å²) < 4.78 is 10.3. The zero-order valence-electron chi connectivity index (χ0n) is 18.5. The van der Waals surface area contributed by atoms with E-state index in [1.54, 1.807) is 0 Å². The summed E-state index contributed by atoms with van der Waals surface area (Å²) in [7, 11) is 2.66. The van der Waals surface area contributed by atoms with E-state index in [0.29, 0.717) is 0 Å². The van der Waals surface area contributed by atoms with Crippen molar-refractivity contribution in [3.05, 3.63) is 82.4 Å². The Labute approximate surface area is 183 Å². The summed E-state index contributed by atoms with van der Waals surface area (Å²) in [6.07, 6.45) is 3.48. The summed E-state index contributed by atoms with van der Waals surface area (Å²) in [5.74, 6) is -1.10. The average molecular weight is 417 g/mol. The molecule has 0 saturated heterocycles. The molecule has 0 unspecified atom stereocenters. The van der Waals surface area contributed by atoms with Gasteiger partial charge in [0.05, 0.1) is 14.2 Å². The van der Waals surface area contributed by atoms with Gasteiger partial charge in [-0.15, -0.1) is 0 Å². The number of hydrogen-bond donors (Lipinski definition) is 0. The second-order valence-corrected chi connectivity index (χ2v) is 9.06. The molecule has 0 aromatic heterocycles. The van der Waals surface area contributed by atoms with Gasteiger partial charge in [0.1, 0.15) is 0 Å². The number of hydrogen-bond acceptors (Lipinski definition) is 4. The Morgan fingerprint density at radius 1 is 0.774 bits per heavy atom. The highest BCUT2D eigenvalue weighted by atomic mass is 16.5. The minimum atomic E-state index is -1.40. The van der Waals surface area contributed by atoms with Crippen molar-refractivity contribution in [1.29, 1.82) is 0 Å². The summed E-state index contributed by atoms with van der Waals surface area (Å²) in [6, 6.07) is 18.4. The lowest BCUT2D eigenvalue weighted by Crippen LogP contribution is -2.44. The summed E-state index contributed by atoms with van der Waals surface area (Å²) >= 11 is 0. The van der Waals surface area contributed by atoms with Gasteiger partial charge in [-0.2, -0.15) is 0 Å². The maximum atomic E-state index is 13.0. The highest BCUT2D eigenvalue weighted by Crippen LogP contribution is 2.52. The smallest absolute Gasteiger partial charge is 0.323 e. The van der Waals surface area contributed by atoms with E-state index in [9.17, 15) is 9.59 Å². The van der Waals surface area contributed by atoms with Gasteiger partial charge in [-0.1, -0.05) is 74.5 Å². The van der Waals surface area contributed by atoms with Gasteiger partial charge >= 0.3 is 11.9 Å². The number of ether oxygens (including phenoxy) is 2. The van der Waals surface area contributed by atoms with Crippen LogP contribution < -0.4 is 0 Å². The number of carbonyl (C=O) groups excluding carboxylic acids is 2. The van der Waals surface area contributed by atoms with Crippen molar-refractivity contribution in [1.82, 2.24) is 0 Å². The van der Waals surface area contributed by atoms with E-state index in [2.05, 4.69) is 38.1 Å². The lowest BCUT2D eigenvalue weighted by molar-refractivity contribution is -0.168.